The molecule has 1 unspecified atom stereocenters. The number of nitrogens with one attached hydrogen (secondary N) is 2. The molecule has 5 nitrogen and oxygen atoms in total. The van der Waals surface area contributed by atoms with E-state index < -0.39 is 0 Å². The lowest BCUT2D eigenvalue weighted by atomic mass is 10.2. The number of benzene rings is 1. The van der Waals surface area contributed by atoms with E-state index in [0.717, 1.165) is 25.2 Å². The van der Waals surface area contributed by atoms with Gasteiger partial charge in [-0.15, -0.1) is 11.3 Å². The highest BCUT2D eigenvalue weighted by Gasteiger charge is 2.24. The first-order valence-corrected chi connectivity index (χ1v) is 9.19. The van der Waals surface area contributed by atoms with E-state index in [1.807, 2.05) is 18.2 Å². The lowest BCUT2D eigenvalue weighted by Crippen LogP contribution is -2.31. The third-order valence-electron chi connectivity index (χ3n) is 4.53. The molecule has 1 saturated heterocycles. The molecule has 6 heteroatoms. The number of thiophene rings is 1. The highest BCUT2D eigenvalue weighted by molar-refractivity contribution is 7.10. The van der Waals surface area contributed by atoms with Crippen LogP contribution < -0.4 is 10.9 Å². The number of fused-ring (bicyclic) bond motifs is 1. The number of aromatic amines is 1. The van der Waals surface area contributed by atoms with E-state index in [0.29, 0.717) is 17.4 Å². The Morgan fingerprint density at radius 1 is 1.21 bits per heavy atom. The molecule has 3 aromatic rings. The minimum absolute atomic E-state index is 0.100. The molecule has 0 spiro atoms. The number of likely N-dealkylation sites (tertiary alicyclic amines) is 1. The smallest absolute Gasteiger partial charge is 0.260 e. The monoisotopic (exact) mass is 340 g/mol. The predicted molar refractivity (Wildman–Crippen MR) is 98.7 cm³/mol. The van der Waals surface area contributed by atoms with Gasteiger partial charge >= 0.3 is 0 Å². The third kappa shape index (κ3) is 3.07. The van der Waals surface area contributed by atoms with Crippen LogP contribution in [0.5, 0.6) is 0 Å². The number of nitrogens with zero attached hydrogens (tertiary/aromatic N) is 2. The highest BCUT2D eigenvalue weighted by Crippen LogP contribution is 2.28. The van der Waals surface area contributed by atoms with Crippen molar-refractivity contribution in [1.29, 1.82) is 0 Å². The van der Waals surface area contributed by atoms with Crippen molar-refractivity contribution in [3.05, 3.63) is 57.0 Å². The minimum atomic E-state index is -0.100. The van der Waals surface area contributed by atoms with E-state index in [4.69, 9.17) is 0 Å². The van der Waals surface area contributed by atoms with Crippen molar-refractivity contribution in [2.24, 2.45) is 0 Å². The molecule has 4 rings (SSSR count). The summed E-state index contributed by atoms with van der Waals surface area (Å²) in [4.78, 5) is 23.4. The Morgan fingerprint density at radius 2 is 2.04 bits per heavy atom. The molecular weight excluding hydrogens is 320 g/mol. The van der Waals surface area contributed by atoms with Crippen molar-refractivity contribution < 1.29 is 0 Å². The second-order valence-corrected chi connectivity index (χ2v) is 7.07. The molecule has 0 bridgehead atoms. The molecule has 1 aliphatic rings. The average molecular weight is 340 g/mol. The number of aromatic nitrogens is 2. The quantitative estimate of drug-likeness (QED) is 0.748. The number of para-hydroxylation sites is 1. The topological polar surface area (TPSA) is 61.0 Å². The van der Waals surface area contributed by atoms with Crippen LogP contribution in [0, 0.1) is 0 Å². The largest absolute Gasteiger partial charge is 0.354 e. The summed E-state index contributed by atoms with van der Waals surface area (Å²) in [6.07, 6.45) is 2.51. The van der Waals surface area contributed by atoms with Crippen LogP contribution in [0.15, 0.2) is 46.6 Å². The molecule has 2 aromatic heterocycles. The normalized spacial score (nSPS) is 16.5. The minimum Gasteiger partial charge on any atom is -0.354 e. The zero-order valence-electron chi connectivity index (χ0n) is 13.4. The molecule has 3 heterocycles. The van der Waals surface area contributed by atoms with Crippen LogP contribution in [0.25, 0.3) is 10.9 Å². The average Bonchev–Trinajstić information content (AvgIpc) is 3.29. The summed E-state index contributed by atoms with van der Waals surface area (Å²) in [5.74, 6) is 0.541. The molecule has 24 heavy (non-hydrogen) atoms. The number of hydrogen-bond donors (Lipinski definition) is 2. The van der Waals surface area contributed by atoms with E-state index >= 15 is 0 Å². The zero-order chi connectivity index (χ0) is 16.4. The van der Waals surface area contributed by atoms with Crippen LogP contribution in [0.1, 0.15) is 23.8 Å². The molecule has 1 atom stereocenters. The van der Waals surface area contributed by atoms with Crippen LogP contribution in [0.2, 0.25) is 0 Å². The van der Waals surface area contributed by atoms with Gasteiger partial charge < -0.3 is 5.32 Å². The molecule has 0 saturated carbocycles. The second-order valence-electron chi connectivity index (χ2n) is 6.09. The van der Waals surface area contributed by atoms with Crippen LogP contribution in [0.4, 0.5) is 5.95 Å². The lowest BCUT2D eigenvalue weighted by molar-refractivity contribution is 0.259. The molecular formula is C18H20N4OS. The van der Waals surface area contributed by atoms with Gasteiger partial charge in [0.2, 0.25) is 5.95 Å². The Bertz CT molecular complexity index is 868. The molecule has 1 aromatic carbocycles. The summed E-state index contributed by atoms with van der Waals surface area (Å²) in [6, 6.07) is 12.0. The van der Waals surface area contributed by atoms with Gasteiger partial charge in [0, 0.05) is 11.4 Å². The first-order valence-electron chi connectivity index (χ1n) is 8.31. The third-order valence-corrected chi connectivity index (χ3v) is 5.50. The fourth-order valence-corrected chi connectivity index (χ4v) is 4.17. The SMILES string of the molecule is O=c1[nH]c(NCC(c2cccs2)N2CCCC2)nc2ccccc12. The van der Waals surface area contributed by atoms with Crippen molar-refractivity contribution in [2.75, 3.05) is 25.0 Å². The summed E-state index contributed by atoms with van der Waals surface area (Å²) in [6.45, 7) is 3.00. The summed E-state index contributed by atoms with van der Waals surface area (Å²) >= 11 is 1.78. The van der Waals surface area contributed by atoms with Crippen molar-refractivity contribution in [1.82, 2.24) is 14.9 Å². The Morgan fingerprint density at radius 3 is 2.83 bits per heavy atom. The van der Waals surface area contributed by atoms with Crippen LogP contribution >= 0.6 is 11.3 Å². The number of rotatable bonds is 5. The summed E-state index contributed by atoms with van der Waals surface area (Å²) < 4.78 is 0. The van der Waals surface area contributed by atoms with Crippen molar-refractivity contribution in [3.8, 4) is 0 Å². The maximum atomic E-state index is 12.2. The Labute approximate surface area is 144 Å². The van der Waals surface area contributed by atoms with Crippen molar-refractivity contribution in [2.45, 2.75) is 18.9 Å². The van der Waals surface area contributed by atoms with Crippen molar-refractivity contribution in [3.63, 3.8) is 0 Å². The molecule has 0 aliphatic carbocycles. The van der Waals surface area contributed by atoms with Crippen LogP contribution in [0.3, 0.4) is 0 Å². The highest BCUT2D eigenvalue weighted by atomic mass is 32.1. The van der Waals surface area contributed by atoms with Crippen molar-refractivity contribution >= 4 is 28.2 Å². The van der Waals surface area contributed by atoms with Gasteiger partial charge in [-0.1, -0.05) is 18.2 Å². The number of H-pyrrole nitrogens is 1. The lowest BCUT2D eigenvalue weighted by Gasteiger charge is -2.27. The van der Waals surface area contributed by atoms with E-state index in [-0.39, 0.29) is 5.56 Å². The van der Waals surface area contributed by atoms with Gasteiger partial charge in [0.05, 0.1) is 16.9 Å². The predicted octanol–water partition coefficient (Wildman–Crippen LogP) is 3.23. The molecule has 124 valence electrons. The van der Waals surface area contributed by atoms with Gasteiger partial charge in [0.15, 0.2) is 0 Å². The molecule has 2 N–H and O–H groups in total. The summed E-state index contributed by atoms with van der Waals surface area (Å²) in [5, 5.41) is 6.08. The molecule has 0 amide bonds. The van der Waals surface area contributed by atoms with Crippen LogP contribution in [-0.4, -0.2) is 34.5 Å². The first kappa shape index (κ1) is 15.4. The summed E-state index contributed by atoms with van der Waals surface area (Å²) in [5.41, 5.74) is 0.620. The van der Waals surface area contributed by atoms with Gasteiger partial charge in [-0.05, 0) is 49.5 Å². The Hall–Kier alpha value is -2.18. The van der Waals surface area contributed by atoms with Gasteiger partial charge in [0.1, 0.15) is 0 Å². The number of anilines is 1. The maximum absolute atomic E-state index is 12.2. The van der Waals surface area contributed by atoms with Gasteiger partial charge in [0.25, 0.3) is 5.56 Å². The van der Waals surface area contributed by atoms with Gasteiger partial charge in [-0.3, -0.25) is 14.7 Å². The van der Waals surface area contributed by atoms with E-state index in [2.05, 4.69) is 37.7 Å². The molecule has 0 radical (unpaired) electrons. The maximum Gasteiger partial charge on any atom is 0.260 e. The molecule has 1 fully saturated rings. The van der Waals surface area contributed by atoms with E-state index in [1.54, 1.807) is 17.4 Å². The second kappa shape index (κ2) is 6.75. The first-order chi connectivity index (χ1) is 11.8. The standard InChI is InChI=1S/C18H20N4OS/c23-17-13-6-1-2-7-14(13)20-18(21-17)19-12-15(16-8-5-11-24-16)22-9-3-4-10-22/h1-2,5-8,11,15H,3-4,9-10,12H2,(H2,19,20,21,23). The zero-order valence-corrected chi connectivity index (χ0v) is 14.2. The fourth-order valence-electron chi connectivity index (χ4n) is 3.31. The Balaban J connectivity index is 1.57. The van der Waals surface area contributed by atoms with Gasteiger partial charge in [-0.25, -0.2) is 4.98 Å². The van der Waals surface area contributed by atoms with E-state index in [9.17, 15) is 4.79 Å². The number of hydrogen-bond acceptors (Lipinski definition) is 5. The van der Waals surface area contributed by atoms with E-state index in [1.165, 1.54) is 17.7 Å². The van der Waals surface area contributed by atoms with Crippen LogP contribution in [-0.2, 0) is 0 Å². The Kier molecular flexibility index (Phi) is 4.32. The van der Waals surface area contributed by atoms with Gasteiger partial charge in [-0.2, -0.15) is 0 Å². The molecule has 1 aliphatic heterocycles. The summed E-state index contributed by atoms with van der Waals surface area (Å²) in [7, 11) is 0. The fraction of sp³-hybridized carbons (Fsp3) is 0.333.